The van der Waals surface area contributed by atoms with E-state index in [0.29, 0.717) is 17.2 Å². The van der Waals surface area contributed by atoms with E-state index in [9.17, 15) is 22.8 Å². The standard InChI is InChI=1S/C22H22F3N5O3/c1-4-15(12-19(27-2)20(31)28-3)33-16-8-5-13(6-9-16)29-21(32)30-14-7-10-18(26)17(11-14)22(23,24)25/h4-12H,2,26H2,1,3H3,(H,28,31)(H2,29,30,32)/b15-4+,19-12-. The fourth-order valence-corrected chi connectivity index (χ4v) is 2.53. The number of likely N-dealkylation sites (N-methyl/N-ethyl adjacent to an activating group) is 1. The van der Waals surface area contributed by atoms with Crippen molar-refractivity contribution in [2.24, 2.45) is 4.99 Å². The number of nitrogens with zero attached hydrogens (tertiary/aromatic N) is 1. The number of carbonyl (C=O) groups is 2. The van der Waals surface area contributed by atoms with Gasteiger partial charge in [-0.3, -0.25) is 9.79 Å². The highest BCUT2D eigenvalue weighted by atomic mass is 19.4. The summed E-state index contributed by atoms with van der Waals surface area (Å²) in [5.74, 6) is 0.309. The molecule has 2 rings (SSSR count). The number of hydrogen-bond donors (Lipinski definition) is 4. The lowest BCUT2D eigenvalue weighted by molar-refractivity contribution is -0.136. The normalized spacial score (nSPS) is 12.0. The maximum absolute atomic E-state index is 13.0. The van der Waals surface area contributed by atoms with Gasteiger partial charge >= 0.3 is 12.2 Å². The number of nitrogen functional groups attached to an aromatic ring is 1. The molecule has 0 aromatic heterocycles. The molecule has 0 fully saturated rings. The van der Waals surface area contributed by atoms with Crippen molar-refractivity contribution in [1.29, 1.82) is 0 Å². The zero-order chi connectivity index (χ0) is 24.6. The monoisotopic (exact) mass is 461 g/mol. The molecule has 0 atom stereocenters. The van der Waals surface area contributed by atoms with Crippen molar-refractivity contribution in [3.8, 4) is 5.75 Å². The molecule has 0 bridgehead atoms. The Balaban J connectivity index is 2.04. The van der Waals surface area contributed by atoms with Crippen molar-refractivity contribution in [2.75, 3.05) is 23.4 Å². The summed E-state index contributed by atoms with van der Waals surface area (Å²) >= 11 is 0. The van der Waals surface area contributed by atoms with Crippen molar-refractivity contribution in [2.45, 2.75) is 13.1 Å². The molecule has 0 saturated heterocycles. The van der Waals surface area contributed by atoms with E-state index < -0.39 is 29.4 Å². The van der Waals surface area contributed by atoms with Crippen LogP contribution in [0.4, 0.5) is 35.0 Å². The van der Waals surface area contributed by atoms with E-state index in [-0.39, 0.29) is 11.4 Å². The molecule has 0 aliphatic heterocycles. The molecule has 0 radical (unpaired) electrons. The van der Waals surface area contributed by atoms with Gasteiger partial charge in [0.15, 0.2) is 0 Å². The van der Waals surface area contributed by atoms with Crippen LogP contribution >= 0.6 is 0 Å². The Bertz CT molecular complexity index is 1090. The van der Waals surface area contributed by atoms with Crippen molar-refractivity contribution in [3.05, 3.63) is 71.6 Å². The lowest BCUT2D eigenvalue weighted by Crippen LogP contribution is -2.20. The summed E-state index contributed by atoms with van der Waals surface area (Å²) in [4.78, 5) is 27.5. The van der Waals surface area contributed by atoms with Crippen molar-refractivity contribution >= 4 is 35.7 Å². The second-order valence-electron chi connectivity index (χ2n) is 6.46. The number of carbonyl (C=O) groups excluding carboxylic acids is 2. The minimum Gasteiger partial charge on any atom is -0.458 e. The number of anilines is 3. The number of amides is 3. The molecule has 8 nitrogen and oxygen atoms in total. The van der Waals surface area contributed by atoms with Crippen LogP contribution in [0.15, 0.2) is 71.1 Å². The number of halogens is 3. The third kappa shape index (κ3) is 7.13. The molecule has 2 aromatic rings. The van der Waals surface area contributed by atoms with Crippen LogP contribution in [0.2, 0.25) is 0 Å². The van der Waals surface area contributed by atoms with Gasteiger partial charge in [-0.05, 0) is 62.2 Å². The summed E-state index contributed by atoms with van der Waals surface area (Å²) < 4.78 is 44.5. The fourth-order valence-electron chi connectivity index (χ4n) is 2.53. The van der Waals surface area contributed by atoms with Crippen LogP contribution < -0.4 is 26.4 Å². The summed E-state index contributed by atoms with van der Waals surface area (Å²) in [6.07, 6.45) is -1.61. The van der Waals surface area contributed by atoms with E-state index in [1.807, 2.05) is 0 Å². The molecule has 33 heavy (non-hydrogen) atoms. The van der Waals surface area contributed by atoms with Gasteiger partial charge in [-0.25, -0.2) is 4.79 Å². The molecule has 0 saturated carbocycles. The second kappa shape index (κ2) is 10.8. The predicted molar refractivity (Wildman–Crippen MR) is 121 cm³/mol. The number of aliphatic imine (C=N–C) groups is 1. The van der Waals surface area contributed by atoms with Crippen molar-refractivity contribution < 1.29 is 27.5 Å². The maximum atomic E-state index is 13.0. The summed E-state index contributed by atoms with van der Waals surface area (Å²) in [7, 11) is 1.46. The lowest BCUT2D eigenvalue weighted by atomic mass is 10.1. The van der Waals surface area contributed by atoms with Crippen LogP contribution in [-0.2, 0) is 11.0 Å². The van der Waals surface area contributed by atoms with Crippen LogP contribution in [0.5, 0.6) is 5.75 Å². The van der Waals surface area contributed by atoms with Crippen LogP contribution in [0.1, 0.15) is 12.5 Å². The fraction of sp³-hybridized carbons (Fsp3) is 0.136. The predicted octanol–water partition coefficient (Wildman–Crippen LogP) is 4.54. The van der Waals surface area contributed by atoms with Gasteiger partial charge in [0, 0.05) is 30.2 Å². The van der Waals surface area contributed by atoms with Crippen molar-refractivity contribution in [1.82, 2.24) is 5.32 Å². The molecule has 5 N–H and O–H groups in total. The van der Waals surface area contributed by atoms with Gasteiger partial charge in [0.2, 0.25) is 0 Å². The highest BCUT2D eigenvalue weighted by Gasteiger charge is 2.33. The van der Waals surface area contributed by atoms with E-state index in [4.69, 9.17) is 10.5 Å². The van der Waals surface area contributed by atoms with Crippen molar-refractivity contribution in [3.63, 3.8) is 0 Å². The van der Waals surface area contributed by atoms with E-state index in [2.05, 4.69) is 27.7 Å². The Hall–Kier alpha value is -4.28. The second-order valence-corrected chi connectivity index (χ2v) is 6.46. The smallest absolute Gasteiger partial charge is 0.418 e. The average molecular weight is 461 g/mol. The number of rotatable bonds is 7. The van der Waals surface area contributed by atoms with Gasteiger partial charge in [0.05, 0.1) is 5.56 Å². The Morgan fingerprint density at radius 2 is 1.70 bits per heavy atom. The molecule has 3 amide bonds. The van der Waals surface area contributed by atoms with Gasteiger partial charge in [-0.1, -0.05) is 0 Å². The molecular weight excluding hydrogens is 439 g/mol. The molecule has 0 spiro atoms. The van der Waals surface area contributed by atoms with Crippen LogP contribution in [0, 0.1) is 0 Å². The largest absolute Gasteiger partial charge is 0.458 e. The Kier molecular flexibility index (Phi) is 8.21. The van der Waals surface area contributed by atoms with E-state index >= 15 is 0 Å². The maximum Gasteiger partial charge on any atom is 0.418 e. The van der Waals surface area contributed by atoms with E-state index in [0.717, 1.165) is 12.1 Å². The number of allylic oxidation sites excluding steroid dienone is 2. The number of ether oxygens (including phenoxy) is 1. The SMILES string of the molecule is C=N/C(=C\C(=C/C)Oc1ccc(NC(=O)Nc2ccc(N)c(C(F)(F)F)c2)cc1)C(=O)NC. The van der Waals surface area contributed by atoms with Gasteiger partial charge in [-0.15, -0.1) is 0 Å². The Morgan fingerprint density at radius 3 is 2.24 bits per heavy atom. The topological polar surface area (TPSA) is 118 Å². The highest BCUT2D eigenvalue weighted by molar-refractivity contribution is 6.00. The first kappa shape index (κ1) is 25.0. The molecule has 0 aliphatic carbocycles. The molecule has 11 heteroatoms. The first-order chi connectivity index (χ1) is 15.6. The third-order valence-corrected chi connectivity index (χ3v) is 4.16. The van der Waals surface area contributed by atoms with Gasteiger partial charge in [0.25, 0.3) is 5.91 Å². The van der Waals surface area contributed by atoms with Crippen LogP contribution in [0.3, 0.4) is 0 Å². The molecule has 0 heterocycles. The number of alkyl halides is 3. The number of benzene rings is 2. The summed E-state index contributed by atoms with van der Waals surface area (Å²) in [5, 5.41) is 7.26. The number of urea groups is 1. The Morgan fingerprint density at radius 1 is 1.09 bits per heavy atom. The molecule has 0 aliphatic rings. The molecular formula is C22H22F3N5O3. The van der Waals surface area contributed by atoms with Gasteiger partial charge in [0.1, 0.15) is 17.2 Å². The highest BCUT2D eigenvalue weighted by Crippen LogP contribution is 2.35. The van der Waals surface area contributed by atoms with Gasteiger partial charge < -0.3 is 26.4 Å². The zero-order valence-corrected chi connectivity index (χ0v) is 17.8. The van der Waals surface area contributed by atoms with Gasteiger partial charge in [-0.2, -0.15) is 13.2 Å². The van der Waals surface area contributed by atoms with Crippen LogP contribution in [-0.4, -0.2) is 25.7 Å². The van der Waals surface area contributed by atoms with E-state index in [1.54, 1.807) is 25.1 Å². The number of nitrogens with two attached hydrogens (primary N) is 1. The number of nitrogens with one attached hydrogen (secondary N) is 3. The summed E-state index contributed by atoms with van der Waals surface area (Å²) in [6, 6.07) is 8.50. The quantitative estimate of drug-likeness (QED) is 0.159. The minimum atomic E-state index is -4.64. The summed E-state index contributed by atoms with van der Waals surface area (Å²) in [6.45, 7) is 5.05. The third-order valence-electron chi connectivity index (χ3n) is 4.16. The Labute approximate surface area is 188 Å². The average Bonchev–Trinajstić information content (AvgIpc) is 2.77. The zero-order valence-electron chi connectivity index (χ0n) is 17.8. The summed E-state index contributed by atoms with van der Waals surface area (Å²) in [5.41, 5.74) is 4.23. The first-order valence-electron chi connectivity index (χ1n) is 9.46. The molecule has 174 valence electrons. The molecule has 0 unspecified atom stereocenters. The lowest BCUT2D eigenvalue weighted by Gasteiger charge is -2.13. The van der Waals surface area contributed by atoms with Crippen LogP contribution in [0.25, 0.3) is 0 Å². The number of hydrogen-bond acceptors (Lipinski definition) is 5. The van der Waals surface area contributed by atoms with E-state index in [1.165, 1.54) is 31.3 Å². The minimum absolute atomic E-state index is 0.0666. The molecule has 2 aromatic carbocycles. The first-order valence-corrected chi connectivity index (χ1v) is 9.46.